The number of ether oxygens (including phenoxy) is 6. The number of sulfonamides is 1. The summed E-state index contributed by atoms with van der Waals surface area (Å²) in [5.41, 5.74) is 2.80. The van der Waals surface area contributed by atoms with Crippen molar-refractivity contribution in [3.63, 3.8) is 0 Å². The number of aliphatic hydroxyl groups excluding tert-OH is 1. The number of fused-ring (bicyclic) bond motifs is 2. The van der Waals surface area contributed by atoms with E-state index < -0.39 is 40.7 Å². The van der Waals surface area contributed by atoms with Gasteiger partial charge in [0.1, 0.15) is 18.5 Å². The van der Waals surface area contributed by atoms with Crippen LogP contribution in [0.25, 0.3) is 0 Å². The molecule has 1 unspecified atom stereocenters. The van der Waals surface area contributed by atoms with Gasteiger partial charge in [-0.05, 0) is 59.7 Å². The maximum atomic E-state index is 14.0. The van der Waals surface area contributed by atoms with E-state index >= 15 is 0 Å². The third-order valence-electron chi connectivity index (χ3n) is 8.99. The van der Waals surface area contributed by atoms with Gasteiger partial charge in [0, 0.05) is 32.4 Å². The van der Waals surface area contributed by atoms with Crippen LogP contribution in [0, 0.1) is 11.8 Å². The summed E-state index contributed by atoms with van der Waals surface area (Å²) in [6, 6.07) is 18.8. The largest absolute Gasteiger partial charge is 0.489 e. The van der Waals surface area contributed by atoms with Crippen molar-refractivity contribution in [1.29, 1.82) is 0 Å². The minimum Gasteiger partial charge on any atom is -0.489 e. The van der Waals surface area contributed by atoms with E-state index in [1.807, 2.05) is 62.4 Å². The van der Waals surface area contributed by atoms with E-state index in [1.165, 1.54) is 16.4 Å². The molecule has 3 aromatic rings. The molecule has 0 aromatic heterocycles. The minimum atomic E-state index is -4.08. The molecule has 0 saturated carbocycles. The highest BCUT2D eigenvalue weighted by molar-refractivity contribution is 7.89. The first kappa shape index (κ1) is 36.6. The van der Waals surface area contributed by atoms with Crippen LogP contribution in [0.3, 0.4) is 0 Å². The van der Waals surface area contributed by atoms with Crippen molar-refractivity contribution in [3.8, 4) is 17.2 Å². The Hall–Kier alpha value is -4.21. The van der Waals surface area contributed by atoms with Gasteiger partial charge in [-0.3, -0.25) is 4.99 Å². The Bertz CT molecular complexity index is 1770. The maximum absolute atomic E-state index is 14.0. The van der Waals surface area contributed by atoms with Gasteiger partial charge in [-0.15, -0.1) is 0 Å². The first-order valence-electron chi connectivity index (χ1n) is 17.1. The minimum absolute atomic E-state index is 0.00817. The summed E-state index contributed by atoms with van der Waals surface area (Å²) in [6.45, 7) is 4.76. The molecule has 0 aliphatic carbocycles. The monoisotopic (exact) mass is 723 g/mol. The first-order valence-corrected chi connectivity index (χ1v) is 18.5. The molecule has 3 heterocycles. The van der Waals surface area contributed by atoms with Crippen molar-refractivity contribution in [1.82, 2.24) is 9.62 Å². The number of carbonyl (C=O) groups excluding carboxylic acids is 1. The second-order valence-electron chi connectivity index (χ2n) is 13.3. The molecule has 2 N–H and O–H groups in total. The summed E-state index contributed by atoms with van der Waals surface area (Å²) in [5.74, 6) is 1.32. The lowest BCUT2D eigenvalue weighted by atomic mass is 10.0. The number of aliphatic imine (C=N–C) groups is 1. The van der Waals surface area contributed by atoms with Gasteiger partial charge < -0.3 is 38.8 Å². The Balaban J connectivity index is 1.16. The van der Waals surface area contributed by atoms with Crippen LogP contribution in [0.15, 0.2) is 76.6 Å². The van der Waals surface area contributed by atoms with Crippen molar-refractivity contribution in [3.05, 3.63) is 83.4 Å². The lowest BCUT2D eigenvalue weighted by molar-refractivity contribution is -0.0907. The lowest BCUT2D eigenvalue weighted by Crippen LogP contribution is -2.51. The zero-order chi connectivity index (χ0) is 36.0. The standard InChI is InChI=1S/C37H45N3O10S/c1-24(2)19-40(51(43,44)29-12-13-33-34(17-29)49-23-48-33)20-32(41)31(39-37(42)50-35-22-47-36-30(35)14-15-45-36)16-25-8-10-28(11-9-25)46-21-27-6-4-26(5-7-27)18-38-3/h4-13,17-18,24,30-32,35-36,41H,14-16,19-23H2,1-3H3,(H,39,42)/t30-,31+,32+,35?,36+/m1/s1. The van der Waals surface area contributed by atoms with Crippen LogP contribution in [-0.4, -0.2) is 94.8 Å². The van der Waals surface area contributed by atoms with Crippen LogP contribution < -0.4 is 19.5 Å². The van der Waals surface area contributed by atoms with Crippen molar-refractivity contribution >= 4 is 22.3 Å². The van der Waals surface area contributed by atoms with Crippen LogP contribution in [0.4, 0.5) is 4.79 Å². The number of nitrogens with one attached hydrogen (secondary N) is 1. The number of carbonyl (C=O) groups is 1. The Morgan fingerprint density at radius 2 is 1.76 bits per heavy atom. The van der Waals surface area contributed by atoms with Gasteiger partial charge in [0.05, 0.1) is 36.2 Å². The van der Waals surface area contributed by atoms with Crippen molar-refractivity contribution in [2.24, 2.45) is 16.8 Å². The van der Waals surface area contributed by atoms with Crippen LogP contribution >= 0.6 is 0 Å². The Morgan fingerprint density at radius 3 is 2.51 bits per heavy atom. The molecule has 6 rings (SSSR count). The second-order valence-corrected chi connectivity index (χ2v) is 15.2. The smallest absolute Gasteiger partial charge is 0.407 e. The van der Waals surface area contributed by atoms with Gasteiger partial charge in [-0.25, -0.2) is 13.2 Å². The summed E-state index contributed by atoms with van der Waals surface area (Å²) in [6.07, 6.45) is -0.246. The molecule has 0 radical (unpaired) electrons. The van der Waals surface area contributed by atoms with Crippen molar-refractivity contribution in [2.45, 2.75) is 62.7 Å². The molecule has 3 aromatic carbocycles. The third kappa shape index (κ3) is 9.18. The molecule has 0 bridgehead atoms. The van der Waals surface area contributed by atoms with Crippen molar-refractivity contribution in [2.75, 3.05) is 40.1 Å². The summed E-state index contributed by atoms with van der Waals surface area (Å²) < 4.78 is 62.8. The zero-order valence-electron chi connectivity index (χ0n) is 29.0. The van der Waals surface area contributed by atoms with E-state index in [1.54, 1.807) is 19.3 Å². The van der Waals surface area contributed by atoms with E-state index in [-0.39, 0.29) is 49.6 Å². The Kier molecular flexibility index (Phi) is 11.8. The van der Waals surface area contributed by atoms with Gasteiger partial charge in [0.2, 0.25) is 16.8 Å². The highest BCUT2D eigenvalue weighted by Gasteiger charge is 2.44. The molecule has 3 aliphatic heterocycles. The molecule has 2 saturated heterocycles. The number of rotatable bonds is 15. The predicted octanol–water partition coefficient (Wildman–Crippen LogP) is 4.15. The van der Waals surface area contributed by atoms with E-state index in [0.717, 1.165) is 16.7 Å². The predicted molar refractivity (Wildman–Crippen MR) is 188 cm³/mol. The number of benzene rings is 3. The number of hydrogen-bond acceptors (Lipinski definition) is 11. The summed E-state index contributed by atoms with van der Waals surface area (Å²) in [4.78, 5) is 17.3. The molecule has 5 atom stereocenters. The fourth-order valence-electron chi connectivity index (χ4n) is 6.35. The van der Waals surface area contributed by atoms with Gasteiger partial charge in [0.15, 0.2) is 17.8 Å². The molecule has 274 valence electrons. The third-order valence-corrected chi connectivity index (χ3v) is 10.8. The summed E-state index contributed by atoms with van der Waals surface area (Å²) >= 11 is 0. The SMILES string of the molecule is CN=Cc1ccc(COc2ccc(C[C@H](NC(=O)OC3CO[C@@H]4OCC[C@H]34)[C@@H](O)CN(CC(C)C)S(=O)(=O)c3ccc4c(c3)OCO4)cc2)cc1. The number of nitrogens with zero attached hydrogens (tertiary/aromatic N) is 2. The number of hydrogen-bond donors (Lipinski definition) is 2. The van der Waals surface area contributed by atoms with Crippen LogP contribution in [0.2, 0.25) is 0 Å². The topological polar surface area (TPSA) is 154 Å². The summed E-state index contributed by atoms with van der Waals surface area (Å²) in [7, 11) is -2.35. The quantitative estimate of drug-likeness (QED) is 0.219. The molecule has 14 heteroatoms. The molecular weight excluding hydrogens is 678 g/mol. The first-order chi connectivity index (χ1) is 24.6. The molecular formula is C37H45N3O10S. The zero-order valence-corrected chi connectivity index (χ0v) is 29.8. The average molecular weight is 724 g/mol. The highest BCUT2D eigenvalue weighted by atomic mass is 32.2. The molecule has 2 fully saturated rings. The fraction of sp³-hybridized carbons (Fsp3) is 0.459. The maximum Gasteiger partial charge on any atom is 0.407 e. The van der Waals surface area contributed by atoms with Gasteiger partial charge in [-0.2, -0.15) is 4.31 Å². The normalized spacial score (nSPS) is 20.9. The van der Waals surface area contributed by atoms with Gasteiger partial charge in [-0.1, -0.05) is 50.2 Å². The highest BCUT2D eigenvalue weighted by Crippen LogP contribution is 2.35. The molecule has 0 spiro atoms. The Morgan fingerprint density at radius 1 is 1.02 bits per heavy atom. The molecule has 13 nitrogen and oxygen atoms in total. The molecule has 3 aliphatic rings. The van der Waals surface area contributed by atoms with Gasteiger partial charge >= 0.3 is 6.09 Å². The molecule has 51 heavy (non-hydrogen) atoms. The summed E-state index contributed by atoms with van der Waals surface area (Å²) in [5, 5.41) is 14.5. The molecule has 1 amide bonds. The van der Waals surface area contributed by atoms with Crippen molar-refractivity contribution < 1.29 is 46.7 Å². The van der Waals surface area contributed by atoms with Gasteiger partial charge in [0.25, 0.3) is 0 Å². The number of aliphatic hydroxyl groups is 1. The van der Waals surface area contributed by atoms with E-state index in [0.29, 0.717) is 36.9 Å². The lowest BCUT2D eigenvalue weighted by Gasteiger charge is -2.31. The van der Waals surface area contributed by atoms with E-state index in [2.05, 4.69) is 10.3 Å². The van der Waals surface area contributed by atoms with Crippen LogP contribution in [-0.2, 0) is 37.3 Å². The number of alkyl carbamates (subject to hydrolysis) is 1. The Labute approximate surface area is 298 Å². The second kappa shape index (κ2) is 16.4. The van der Waals surface area contributed by atoms with Crippen LogP contribution in [0.1, 0.15) is 37.0 Å². The van der Waals surface area contributed by atoms with Crippen LogP contribution in [0.5, 0.6) is 17.2 Å². The van der Waals surface area contributed by atoms with E-state index in [9.17, 15) is 18.3 Å². The average Bonchev–Trinajstić information content (AvgIpc) is 3.87. The number of amides is 1. The van der Waals surface area contributed by atoms with E-state index in [4.69, 9.17) is 28.4 Å². The fourth-order valence-corrected chi connectivity index (χ4v) is 7.98.